The average molecular weight is 397 g/mol. The fraction of sp³-hybridized carbons (Fsp3) is 0.190. The van der Waals surface area contributed by atoms with Gasteiger partial charge < -0.3 is 15.4 Å². The first kappa shape index (κ1) is 19.6. The van der Waals surface area contributed by atoms with Gasteiger partial charge in [-0.05, 0) is 48.7 Å². The Hall–Kier alpha value is -3.12. The summed E-state index contributed by atoms with van der Waals surface area (Å²) in [6, 6.07) is 13.3. The number of para-hydroxylation sites is 1. The summed E-state index contributed by atoms with van der Waals surface area (Å²) in [6.07, 6.45) is 3.65. The Kier molecular flexibility index (Phi) is 6.45. The maximum atomic E-state index is 12.3. The number of hydrogen-bond acceptors (Lipinski definition) is 5. The minimum atomic E-state index is -0.267. The summed E-state index contributed by atoms with van der Waals surface area (Å²) >= 11 is 5.97. The molecule has 0 atom stereocenters. The van der Waals surface area contributed by atoms with E-state index in [4.69, 9.17) is 16.3 Å². The number of carbonyl (C=O) groups excluding carboxylic acids is 1. The maximum Gasteiger partial charge on any atom is 0.271 e. The average Bonchev–Trinajstić information content (AvgIpc) is 2.71. The van der Waals surface area contributed by atoms with E-state index in [2.05, 4.69) is 20.6 Å². The minimum absolute atomic E-state index is 0.262. The van der Waals surface area contributed by atoms with E-state index in [-0.39, 0.29) is 11.6 Å². The van der Waals surface area contributed by atoms with Gasteiger partial charge in [-0.2, -0.15) is 0 Å². The summed E-state index contributed by atoms with van der Waals surface area (Å²) in [6.45, 7) is 2.43. The summed E-state index contributed by atoms with van der Waals surface area (Å²) in [4.78, 5) is 20.7. The van der Waals surface area contributed by atoms with Gasteiger partial charge in [-0.1, -0.05) is 29.8 Å². The zero-order valence-corrected chi connectivity index (χ0v) is 16.5. The molecule has 3 rings (SSSR count). The van der Waals surface area contributed by atoms with Crippen LogP contribution in [0.25, 0.3) is 0 Å². The van der Waals surface area contributed by atoms with E-state index < -0.39 is 0 Å². The molecule has 1 amide bonds. The van der Waals surface area contributed by atoms with Gasteiger partial charge in [0, 0.05) is 17.3 Å². The number of carbonyl (C=O) groups is 1. The highest BCUT2D eigenvalue weighted by molar-refractivity contribution is 6.30. The summed E-state index contributed by atoms with van der Waals surface area (Å²) in [5, 5.41) is 6.69. The molecule has 0 aliphatic heterocycles. The lowest BCUT2D eigenvalue weighted by Gasteiger charge is -2.10. The second kappa shape index (κ2) is 9.19. The van der Waals surface area contributed by atoms with Crippen LogP contribution in [0.4, 0.5) is 11.5 Å². The monoisotopic (exact) mass is 396 g/mol. The van der Waals surface area contributed by atoms with E-state index in [9.17, 15) is 4.79 Å². The normalized spacial score (nSPS) is 10.4. The number of halogens is 1. The number of benzene rings is 2. The summed E-state index contributed by atoms with van der Waals surface area (Å²) in [5.41, 5.74) is 3.17. The van der Waals surface area contributed by atoms with Gasteiger partial charge >= 0.3 is 0 Å². The van der Waals surface area contributed by atoms with Crippen molar-refractivity contribution in [3.63, 3.8) is 0 Å². The molecule has 2 N–H and O–H groups in total. The fourth-order valence-corrected chi connectivity index (χ4v) is 2.95. The summed E-state index contributed by atoms with van der Waals surface area (Å²) < 4.78 is 5.32. The molecule has 7 heteroatoms. The number of aromatic nitrogens is 2. The van der Waals surface area contributed by atoms with Crippen molar-refractivity contribution < 1.29 is 9.53 Å². The predicted molar refractivity (Wildman–Crippen MR) is 111 cm³/mol. The minimum Gasteiger partial charge on any atom is -0.496 e. The standard InChI is InChI=1S/C21H21ClN4O2/c1-14-11-16(22)7-8-17(14)26-20-13-24-18(12-25-20)21(27)23-10-9-15-5-3-4-6-19(15)28-2/h3-8,11-13H,9-10H2,1-2H3,(H,23,27)(H,25,26). The van der Waals surface area contributed by atoms with Crippen LogP contribution in [0.5, 0.6) is 5.75 Å². The molecule has 0 radical (unpaired) electrons. The quantitative estimate of drug-likeness (QED) is 0.627. The van der Waals surface area contributed by atoms with Crippen LogP contribution < -0.4 is 15.4 Å². The van der Waals surface area contributed by atoms with Crippen LogP contribution in [0.1, 0.15) is 21.6 Å². The molecular weight excluding hydrogens is 376 g/mol. The highest BCUT2D eigenvalue weighted by atomic mass is 35.5. The Morgan fingerprint density at radius 3 is 2.68 bits per heavy atom. The van der Waals surface area contributed by atoms with Crippen molar-refractivity contribution in [1.82, 2.24) is 15.3 Å². The topological polar surface area (TPSA) is 76.1 Å². The second-order valence-electron chi connectivity index (χ2n) is 6.19. The largest absolute Gasteiger partial charge is 0.496 e. The molecule has 6 nitrogen and oxygen atoms in total. The van der Waals surface area contributed by atoms with Gasteiger partial charge in [-0.3, -0.25) is 4.79 Å². The van der Waals surface area contributed by atoms with Crippen molar-refractivity contribution in [1.29, 1.82) is 0 Å². The molecule has 0 bridgehead atoms. The smallest absolute Gasteiger partial charge is 0.271 e. The molecule has 0 saturated heterocycles. The third-order valence-electron chi connectivity index (χ3n) is 4.21. The molecule has 0 fully saturated rings. The predicted octanol–water partition coefficient (Wildman–Crippen LogP) is 4.16. The third kappa shape index (κ3) is 4.98. The number of amides is 1. The molecule has 1 aromatic heterocycles. The molecule has 0 aliphatic rings. The number of hydrogen-bond donors (Lipinski definition) is 2. The van der Waals surface area contributed by atoms with Crippen molar-refractivity contribution >= 4 is 29.0 Å². The van der Waals surface area contributed by atoms with Gasteiger partial charge in [0.2, 0.25) is 0 Å². The van der Waals surface area contributed by atoms with Crippen LogP contribution in [-0.2, 0) is 6.42 Å². The van der Waals surface area contributed by atoms with Gasteiger partial charge in [0.25, 0.3) is 5.91 Å². The summed E-state index contributed by atoms with van der Waals surface area (Å²) in [7, 11) is 1.63. The Morgan fingerprint density at radius 1 is 1.14 bits per heavy atom. The highest BCUT2D eigenvalue weighted by Crippen LogP contribution is 2.22. The Balaban J connectivity index is 1.56. The zero-order chi connectivity index (χ0) is 19.9. The van der Waals surface area contributed by atoms with Crippen molar-refractivity contribution in [2.45, 2.75) is 13.3 Å². The third-order valence-corrected chi connectivity index (χ3v) is 4.44. The Morgan fingerprint density at radius 2 is 1.96 bits per heavy atom. The molecule has 1 heterocycles. The van der Waals surface area contributed by atoms with Crippen LogP contribution in [0.15, 0.2) is 54.9 Å². The molecule has 0 saturated carbocycles. The van der Waals surface area contributed by atoms with E-state index >= 15 is 0 Å². The highest BCUT2D eigenvalue weighted by Gasteiger charge is 2.09. The molecule has 0 spiro atoms. The lowest BCUT2D eigenvalue weighted by atomic mass is 10.1. The molecule has 0 aliphatic carbocycles. The van der Waals surface area contributed by atoms with E-state index in [1.807, 2.05) is 43.3 Å². The lowest BCUT2D eigenvalue weighted by molar-refractivity contribution is 0.0948. The molecule has 2 aromatic carbocycles. The van der Waals surface area contributed by atoms with Crippen LogP contribution in [-0.4, -0.2) is 29.5 Å². The van der Waals surface area contributed by atoms with Gasteiger partial charge in [0.15, 0.2) is 0 Å². The number of rotatable bonds is 7. The molecule has 28 heavy (non-hydrogen) atoms. The van der Waals surface area contributed by atoms with Gasteiger partial charge in [0.1, 0.15) is 17.3 Å². The Bertz CT molecular complexity index is 961. The van der Waals surface area contributed by atoms with Gasteiger partial charge in [-0.15, -0.1) is 0 Å². The van der Waals surface area contributed by atoms with E-state index in [0.717, 1.165) is 22.6 Å². The van der Waals surface area contributed by atoms with E-state index in [1.165, 1.54) is 12.4 Å². The first-order valence-corrected chi connectivity index (χ1v) is 9.20. The van der Waals surface area contributed by atoms with Gasteiger partial charge in [0.05, 0.1) is 19.5 Å². The number of methoxy groups -OCH3 is 1. The fourth-order valence-electron chi connectivity index (χ4n) is 2.73. The van der Waals surface area contributed by atoms with E-state index in [0.29, 0.717) is 23.8 Å². The maximum absolute atomic E-state index is 12.3. The lowest BCUT2D eigenvalue weighted by Crippen LogP contribution is -2.26. The van der Waals surface area contributed by atoms with Crippen molar-refractivity contribution in [2.75, 3.05) is 19.0 Å². The van der Waals surface area contributed by atoms with Crippen molar-refractivity contribution in [2.24, 2.45) is 0 Å². The molecular formula is C21H21ClN4O2. The van der Waals surface area contributed by atoms with Crippen LogP contribution in [0.2, 0.25) is 5.02 Å². The summed E-state index contributed by atoms with van der Waals surface area (Å²) in [5.74, 6) is 1.09. The molecule has 144 valence electrons. The second-order valence-corrected chi connectivity index (χ2v) is 6.63. The number of ether oxygens (including phenoxy) is 1. The number of nitrogens with one attached hydrogen (secondary N) is 2. The molecule has 3 aromatic rings. The first-order chi connectivity index (χ1) is 13.6. The van der Waals surface area contributed by atoms with E-state index in [1.54, 1.807) is 13.2 Å². The number of nitrogens with zero attached hydrogens (tertiary/aromatic N) is 2. The Labute approximate surface area is 168 Å². The van der Waals surface area contributed by atoms with Crippen LogP contribution in [0.3, 0.4) is 0 Å². The zero-order valence-electron chi connectivity index (χ0n) is 15.7. The SMILES string of the molecule is COc1ccccc1CCNC(=O)c1cnc(Nc2ccc(Cl)cc2C)cn1. The van der Waals surface area contributed by atoms with Gasteiger partial charge in [-0.25, -0.2) is 9.97 Å². The first-order valence-electron chi connectivity index (χ1n) is 8.82. The van der Waals surface area contributed by atoms with Crippen molar-refractivity contribution in [3.05, 3.63) is 76.7 Å². The van der Waals surface area contributed by atoms with Crippen LogP contribution in [0, 0.1) is 6.92 Å². The van der Waals surface area contributed by atoms with Crippen LogP contribution >= 0.6 is 11.6 Å². The van der Waals surface area contributed by atoms with Crippen molar-refractivity contribution in [3.8, 4) is 5.75 Å². The number of anilines is 2. The number of aryl methyl sites for hydroxylation is 1. The molecule has 0 unspecified atom stereocenters.